The Morgan fingerprint density at radius 3 is 2.72 bits per heavy atom. The second kappa shape index (κ2) is 5.98. The lowest BCUT2D eigenvalue weighted by atomic mass is 9.43. The van der Waals surface area contributed by atoms with Crippen molar-refractivity contribution in [2.45, 2.75) is 89.4 Å². The van der Waals surface area contributed by atoms with Crippen LogP contribution in [0.5, 0.6) is 0 Å². The molecule has 1 heterocycles. The fraction of sp³-hybridized carbons (Fsp3) is 0.826. The summed E-state index contributed by atoms with van der Waals surface area (Å²) < 4.78 is 28.7. The van der Waals surface area contributed by atoms with Crippen LogP contribution in [0, 0.1) is 22.7 Å². The Hall–Kier alpha value is -1.11. The molecule has 4 fully saturated rings. The van der Waals surface area contributed by atoms with Crippen molar-refractivity contribution in [1.82, 2.24) is 0 Å². The minimum atomic E-state index is -1.19. The summed E-state index contributed by atoms with van der Waals surface area (Å²) in [5.41, 5.74) is -1.89. The molecule has 3 saturated carbocycles. The predicted molar refractivity (Wildman–Crippen MR) is 103 cm³/mol. The van der Waals surface area contributed by atoms with Crippen LogP contribution in [-0.2, 0) is 19.1 Å². The van der Waals surface area contributed by atoms with Gasteiger partial charge in [0, 0.05) is 17.8 Å². The van der Waals surface area contributed by atoms with Crippen molar-refractivity contribution in [2.75, 3.05) is 6.61 Å². The topological polar surface area (TPSA) is 72.8 Å². The first-order valence-electron chi connectivity index (χ1n) is 11.0. The number of aliphatic hydroxyl groups is 1. The van der Waals surface area contributed by atoms with E-state index in [9.17, 15) is 14.7 Å². The third kappa shape index (κ3) is 2.16. The van der Waals surface area contributed by atoms with Crippen molar-refractivity contribution in [3.05, 3.63) is 11.6 Å². The molecule has 4 aliphatic carbocycles. The van der Waals surface area contributed by atoms with Crippen LogP contribution in [0.1, 0.15) is 65.7 Å². The molecule has 0 aromatic carbocycles. The van der Waals surface area contributed by atoms with Crippen LogP contribution in [0.15, 0.2) is 11.6 Å². The first-order chi connectivity index (χ1) is 13.6. The van der Waals surface area contributed by atoms with E-state index in [1.807, 2.05) is 6.92 Å². The van der Waals surface area contributed by atoms with Gasteiger partial charge in [0.1, 0.15) is 18.4 Å². The predicted octanol–water partition coefficient (Wildman–Crippen LogP) is 3.28. The fourth-order valence-electron chi connectivity index (χ4n) is 8.24. The largest absolute Gasteiger partial charge is 0.388 e. The lowest BCUT2D eigenvalue weighted by Crippen LogP contribution is -2.73. The molecule has 160 valence electrons. The van der Waals surface area contributed by atoms with E-state index >= 15 is 4.39 Å². The molecule has 0 spiro atoms. The number of carbonyl (C=O) groups is 2. The molecular weight excluding hydrogens is 375 g/mol. The summed E-state index contributed by atoms with van der Waals surface area (Å²) in [7, 11) is 0. The molecule has 0 aromatic heterocycles. The van der Waals surface area contributed by atoms with Gasteiger partial charge in [0.25, 0.3) is 0 Å². The molecule has 1 saturated heterocycles. The van der Waals surface area contributed by atoms with Crippen LogP contribution in [0.3, 0.4) is 0 Å². The zero-order valence-corrected chi connectivity index (χ0v) is 17.5. The molecule has 1 N–H and O–H groups in total. The Bertz CT molecular complexity index is 809. The van der Waals surface area contributed by atoms with Crippen LogP contribution < -0.4 is 0 Å². The summed E-state index contributed by atoms with van der Waals surface area (Å²) in [4.78, 5) is 25.0. The maximum absolute atomic E-state index is 16.1. The zero-order chi connectivity index (χ0) is 20.8. The van der Waals surface area contributed by atoms with E-state index in [1.54, 1.807) is 13.0 Å². The number of fused-ring (bicyclic) bond motifs is 3. The summed E-state index contributed by atoms with van der Waals surface area (Å²) >= 11 is 0. The van der Waals surface area contributed by atoms with Gasteiger partial charge in [-0.3, -0.25) is 9.59 Å². The number of aliphatic hydroxyl groups excluding tert-OH is 1. The Morgan fingerprint density at radius 2 is 2.00 bits per heavy atom. The number of ketones is 2. The summed E-state index contributed by atoms with van der Waals surface area (Å²) in [6, 6.07) is 0. The van der Waals surface area contributed by atoms with Gasteiger partial charge in [0.05, 0.1) is 5.60 Å². The maximum Gasteiger partial charge on any atom is 0.190 e. The van der Waals surface area contributed by atoms with Gasteiger partial charge in [-0.2, -0.15) is 0 Å². The van der Waals surface area contributed by atoms with E-state index in [1.165, 1.54) is 0 Å². The molecule has 5 rings (SSSR count). The number of alkyl halides is 1. The number of hydrogen-bond acceptors (Lipinski definition) is 5. The molecule has 5 nitrogen and oxygen atoms in total. The highest BCUT2D eigenvalue weighted by molar-refractivity contribution is 5.92. The van der Waals surface area contributed by atoms with Crippen molar-refractivity contribution >= 4 is 11.6 Å². The van der Waals surface area contributed by atoms with E-state index in [4.69, 9.17) is 9.47 Å². The van der Waals surface area contributed by atoms with Crippen LogP contribution >= 0.6 is 0 Å². The molecule has 1 unspecified atom stereocenters. The maximum atomic E-state index is 16.1. The van der Waals surface area contributed by atoms with Crippen LogP contribution in [0.4, 0.5) is 4.39 Å². The second-order valence-electron chi connectivity index (χ2n) is 10.4. The number of rotatable bonds is 2. The van der Waals surface area contributed by atoms with Crippen molar-refractivity contribution in [3.8, 4) is 0 Å². The minimum absolute atomic E-state index is 0.0358. The quantitative estimate of drug-likeness (QED) is 0.762. The Kier molecular flexibility index (Phi) is 4.09. The number of hydrogen-bond donors (Lipinski definition) is 1. The average molecular weight is 406 g/mol. The van der Waals surface area contributed by atoms with Gasteiger partial charge in [-0.15, -0.1) is 0 Å². The zero-order valence-electron chi connectivity index (χ0n) is 17.5. The smallest absolute Gasteiger partial charge is 0.190 e. The molecule has 8 atom stereocenters. The van der Waals surface area contributed by atoms with Crippen molar-refractivity contribution in [3.63, 3.8) is 0 Å². The van der Waals surface area contributed by atoms with E-state index < -0.39 is 35.7 Å². The molecule has 0 radical (unpaired) electrons. The van der Waals surface area contributed by atoms with Gasteiger partial charge in [0.2, 0.25) is 0 Å². The first kappa shape index (κ1) is 19.8. The van der Waals surface area contributed by atoms with Gasteiger partial charge in [-0.25, -0.2) is 4.39 Å². The summed E-state index contributed by atoms with van der Waals surface area (Å²) in [6.07, 6.45) is 4.04. The van der Waals surface area contributed by atoms with Crippen LogP contribution in [0.25, 0.3) is 0 Å². The second-order valence-corrected chi connectivity index (χ2v) is 10.4. The lowest BCUT2D eigenvalue weighted by molar-refractivity contribution is -0.370. The highest BCUT2D eigenvalue weighted by Crippen LogP contribution is 2.73. The van der Waals surface area contributed by atoms with Gasteiger partial charge in [-0.05, 0) is 62.9 Å². The normalized spacial score (nSPS) is 53.6. The molecule has 2 bridgehead atoms. The average Bonchev–Trinajstić information content (AvgIpc) is 2.80. The summed E-state index contributed by atoms with van der Waals surface area (Å²) in [5.74, 6) is -0.469. The molecule has 0 amide bonds. The highest BCUT2D eigenvalue weighted by atomic mass is 19.1. The summed E-state index contributed by atoms with van der Waals surface area (Å²) in [6.45, 7) is 5.27. The number of carbonyl (C=O) groups excluding carboxylic acids is 2. The van der Waals surface area contributed by atoms with Gasteiger partial charge >= 0.3 is 0 Å². The van der Waals surface area contributed by atoms with Crippen LogP contribution in [0.2, 0.25) is 0 Å². The van der Waals surface area contributed by atoms with E-state index in [0.717, 1.165) is 18.4 Å². The monoisotopic (exact) mass is 406 g/mol. The van der Waals surface area contributed by atoms with E-state index in [2.05, 4.69) is 6.92 Å². The van der Waals surface area contributed by atoms with Gasteiger partial charge < -0.3 is 14.6 Å². The SMILES string of the molecule is CC1O[C@@]2(C(=O)CO)CC[C@@]3(O1)[C@@H]1CCC4=CC(=O)CC[C@]4(C)[C@H]1[C@@H](F)C[C@]23C. The number of ether oxygens (including phenoxy) is 2. The Balaban J connectivity index is 1.65. The standard InChI is InChI=1S/C23H31FO5/c1-13-28-22-8-9-23(29-13,18(27)12-25)21(22,3)11-17(24)19-16(22)5-4-14-10-15(26)6-7-20(14,19)2/h10,13,16-17,19,25H,4-9,11-12H2,1-3H3/t13?,16-,17+,19-,20+,21+,22-,23-/m1/s1. The molecule has 6 heteroatoms. The molecule has 1 aliphatic heterocycles. The van der Waals surface area contributed by atoms with Gasteiger partial charge in [0.15, 0.2) is 17.9 Å². The number of allylic oxidation sites excluding steroid dienone is 1. The van der Waals surface area contributed by atoms with E-state index in [0.29, 0.717) is 25.7 Å². The van der Waals surface area contributed by atoms with E-state index in [-0.39, 0.29) is 35.2 Å². The first-order valence-corrected chi connectivity index (χ1v) is 11.0. The van der Waals surface area contributed by atoms with Crippen molar-refractivity contribution < 1.29 is 28.6 Å². The Morgan fingerprint density at radius 1 is 1.24 bits per heavy atom. The van der Waals surface area contributed by atoms with Crippen molar-refractivity contribution in [2.24, 2.45) is 22.7 Å². The number of halogens is 1. The van der Waals surface area contributed by atoms with Crippen molar-refractivity contribution in [1.29, 1.82) is 0 Å². The van der Waals surface area contributed by atoms with Gasteiger partial charge in [-0.1, -0.05) is 19.4 Å². The third-order valence-electron chi connectivity index (χ3n) is 9.46. The molecule has 0 aromatic rings. The molecular formula is C23H31FO5. The highest BCUT2D eigenvalue weighted by Gasteiger charge is 2.79. The summed E-state index contributed by atoms with van der Waals surface area (Å²) in [5, 5.41) is 9.71. The Labute approximate surface area is 171 Å². The third-order valence-corrected chi connectivity index (χ3v) is 9.46. The minimum Gasteiger partial charge on any atom is -0.388 e. The molecule has 5 aliphatic rings. The molecule has 29 heavy (non-hydrogen) atoms. The van der Waals surface area contributed by atoms with Crippen LogP contribution in [-0.4, -0.2) is 46.9 Å². The lowest BCUT2D eigenvalue weighted by Gasteiger charge is -2.67. The fourth-order valence-corrected chi connectivity index (χ4v) is 8.24. The number of Topliss-reactive ketones (excluding diaryl/α,β-unsaturated/α-hetero) is 1.